The predicted molar refractivity (Wildman–Crippen MR) is 116 cm³/mol. The third-order valence-electron chi connectivity index (χ3n) is 5.23. The highest BCUT2D eigenvalue weighted by Crippen LogP contribution is 2.23. The van der Waals surface area contributed by atoms with Crippen molar-refractivity contribution in [1.29, 1.82) is 0 Å². The Balaban J connectivity index is 1.60. The van der Waals surface area contributed by atoms with E-state index in [1.54, 1.807) is 24.5 Å². The van der Waals surface area contributed by atoms with E-state index in [-0.39, 0.29) is 23.2 Å². The van der Waals surface area contributed by atoms with Crippen LogP contribution >= 0.6 is 11.6 Å². The van der Waals surface area contributed by atoms with E-state index in [9.17, 15) is 14.3 Å². The second-order valence-electron chi connectivity index (χ2n) is 7.36. The average molecular weight is 445 g/mol. The first-order valence-electron chi connectivity index (χ1n) is 10.0. The number of rotatable bonds is 6. The molecule has 1 aliphatic heterocycles. The monoisotopic (exact) mass is 444 g/mol. The highest BCUT2D eigenvalue weighted by Gasteiger charge is 2.17. The average Bonchev–Trinajstić information content (AvgIpc) is 2.75. The molecule has 9 heteroatoms. The largest absolute Gasteiger partial charge is 0.394 e. The fourth-order valence-corrected chi connectivity index (χ4v) is 3.87. The molecule has 0 unspecified atom stereocenters. The third kappa shape index (κ3) is 5.10. The first-order chi connectivity index (χ1) is 15.0. The van der Waals surface area contributed by atoms with Gasteiger partial charge < -0.3 is 19.7 Å². The summed E-state index contributed by atoms with van der Waals surface area (Å²) in [6, 6.07) is 8.34. The standard InChI is InChI=1S/C22H22ClFN4O3/c23-16-9-15(10-17(24)12-16)20(13-29)28-6-2-14(11-21(28)30)19-1-5-25-22(27-19)26-18-3-7-31-8-4-18/h1-2,5-6,9-12,18,20,29H,3-4,7-8,13H2,(H,25,26,27)/t20-/m1/s1. The number of halogens is 2. The lowest BCUT2D eigenvalue weighted by Crippen LogP contribution is -2.28. The molecule has 1 aromatic carbocycles. The summed E-state index contributed by atoms with van der Waals surface area (Å²) >= 11 is 5.93. The van der Waals surface area contributed by atoms with Crippen molar-refractivity contribution >= 4 is 17.5 Å². The van der Waals surface area contributed by atoms with E-state index in [1.165, 1.54) is 28.8 Å². The number of aromatic nitrogens is 3. The molecule has 1 fully saturated rings. The fourth-order valence-electron chi connectivity index (χ4n) is 3.64. The van der Waals surface area contributed by atoms with Gasteiger partial charge in [-0.1, -0.05) is 11.6 Å². The van der Waals surface area contributed by atoms with Crippen LogP contribution in [0.15, 0.2) is 53.6 Å². The van der Waals surface area contributed by atoms with Crippen molar-refractivity contribution < 1.29 is 14.2 Å². The molecule has 0 spiro atoms. The molecule has 7 nitrogen and oxygen atoms in total. The van der Waals surface area contributed by atoms with Crippen molar-refractivity contribution in [2.45, 2.75) is 24.9 Å². The number of aliphatic hydroxyl groups is 1. The molecule has 2 aromatic heterocycles. The normalized spacial score (nSPS) is 15.6. The number of hydrogen-bond donors (Lipinski definition) is 2. The SMILES string of the molecule is O=c1cc(-c2ccnc(NC3CCOCC3)n2)ccn1[C@H](CO)c1cc(F)cc(Cl)c1. The predicted octanol–water partition coefficient (Wildman–Crippen LogP) is 3.27. The summed E-state index contributed by atoms with van der Waals surface area (Å²) in [5, 5.41) is 13.4. The minimum atomic E-state index is -0.758. The Morgan fingerprint density at radius 1 is 1.26 bits per heavy atom. The Hall–Kier alpha value is -2.81. The van der Waals surface area contributed by atoms with Gasteiger partial charge in [0.1, 0.15) is 5.82 Å². The van der Waals surface area contributed by atoms with Gasteiger partial charge in [-0.3, -0.25) is 4.79 Å². The highest BCUT2D eigenvalue weighted by atomic mass is 35.5. The smallest absolute Gasteiger partial charge is 0.251 e. The van der Waals surface area contributed by atoms with Gasteiger partial charge in [0.15, 0.2) is 0 Å². The van der Waals surface area contributed by atoms with Crippen LogP contribution in [0.4, 0.5) is 10.3 Å². The maximum absolute atomic E-state index is 13.8. The summed E-state index contributed by atoms with van der Waals surface area (Å²) < 4.78 is 20.5. The van der Waals surface area contributed by atoms with E-state index >= 15 is 0 Å². The Morgan fingerprint density at radius 3 is 2.77 bits per heavy atom. The number of nitrogens with zero attached hydrogens (tertiary/aromatic N) is 3. The van der Waals surface area contributed by atoms with E-state index in [0.717, 1.165) is 12.8 Å². The lowest BCUT2D eigenvalue weighted by Gasteiger charge is -2.23. The molecular weight excluding hydrogens is 423 g/mol. The van der Waals surface area contributed by atoms with Gasteiger partial charge in [0.05, 0.1) is 18.3 Å². The van der Waals surface area contributed by atoms with Crippen molar-refractivity contribution in [2.75, 3.05) is 25.1 Å². The Labute approximate surface area is 183 Å². The molecule has 0 bridgehead atoms. The maximum Gasteiger partial charge on any atom is 0.251 e. The van der Waals surface area contributed by atoms with Crippen molar-refractivity contribution in [3.05, 3.63) is 75.5 Å². The third-order valence-corrected chi connectivity index (χ3v) is 5.45. The van der Waals surface area contributed by atoms with Crippen LogP contribution < -0.4 is 10.9 Å². The molecule has 0 amide bonds. The van der Waals surface area contributed by atoms with E-state index in [2.05, 4.69) is 15.3 Å². The molecule has 1 atom stereocenters. The van der Waals surface area contributed by atoms with E-state index < -0.39 is 11.9 Å². The summed E-state index contributed by atoms with van der Waals surface area (Å²) in [6.07, 6.45) is 4.97. The molecule has 162 valence electrons. The molecule has 4 rings (SSSR count). The van der Waals surface area contributed by atoms with Gasteiger partial charge in [-0.25, -0.2) is 14.4 Å². The maximum atomic E-state index is 13.8. The van der Waals surface area contributed by atoms with Crippen molar-refractivity contribution in [1.82, 2.24) is 14.5 Å². The van der Waals surface area contributed by atoms with Crippen LogP contribution in [0, 0.1) is 5.82 Å². The summed E-state index contributed by atoms with van der Waals surface area (Å²) in [5.41, 5.74) is 1.28. The summed E-state index contributed by atoms with van der Waals surface area (Å²) in [5.74, 6) is -0.0348. The number of aliphatic hydroxyl groups excluding tert-OH is 1. The fraction of sp³-hybridized carbons (Fsp3) is 0.318. The van der Waals surface area contributed by atoms with Gasteiger partial charge in [0.2, 0.25) is 5.95 Å². The number of hydrogen-bond acceptors (Lipinski definition) is 6. The topological polar surface area (TPSA) is 89.3 Å². The molecule has 31 heavy (non-hydrogen) atoms. The summed E-state index contributed by atoms with van der Waals surface area (Å²) in [4.78, 5) is 21.6. The Bertz CT molecular complexity index is 1100. The zero-order chi connectivity index (χ0) is 21.8. The van der Waals surface area contributed by atoms with Gasteiger partial charge >= 0.3 is 0 Å². The van der Waals surface area contributed by atoms with E-state index in [1.807, 2.05) is 0 Å². The molecular formula is C22H22ClFN4O3. The quantitative estimate of drug-likeness (QED) is 0.606. The molecule has 1 saturated heterocycles. The molecule has 0 radical (unpaired) electrons. The lowest BCUT2D eigenvalue weighted by molar-refractivity contribution is 0.0903. The summed E-state index contributed by atoms with van der Waals surface area (Å²) in [6.45, 7) is 1.03. The highest BCUT2D eigenvalue weighted by molar-refractivity contribution is 6.30. The molecule has 1 aliphatic rings. The zero-order valence-electron chi connectivity index (χ0n) is 16.7. The zero-order valence-corrected chi connectivity index (χ0v) is 17.4. The second-order valence-corrected chi connectivity index (χ2v) is 7.79. The van der Waals surface area contributed by atoms with Gasteiger partial charge in [0, 0.05) is 48.3 Å². The minimum absolute atomic E-state index is 0.198. The number of ether oxygens (including phenoxy) is 1. The second kappa shape index (κ2) is 9.55. The summed E-state index contributed by atoms with van der Waals surface area (Å²) in [7, 11) is 0. The van der Waals surface area contributed by atoms with E-state index in [4.69, 9.17) is 16.3 Å². The van der Waals surface area contributed by atoms with E-state index in [0.29, 0.717) is 36.0 Å². The molecule has 0 saturated carbocycles. The van der Waals surface area contributed by atoms with Crippen molar-refractivity contribution in [2.24, 2.45) is 0 Å². The minimum Gasteiger partial charge on any atom is -0.394 e. The first-order valence-corrected chi connectivity index (χ1v) is 10.4. The molecule has 3 aromatic rings. The van der Waals surface area contributed by atoms with Gasteiger partial charge in [0.25, 0.3) is 5.56 Å². The molecule has 0 aliphatic carbocycles. The Morgan fingerprint density at radius 2 is 2.06 bits per heavy atom. The van der Waals surface area contributed by atoms with Crippen LogP contribution in [0.25, 0.3) is 11.3 Å². The first kappa shape index (κ1) is 21.4. The van der Waals surface area contributed by atoms with Crippen LogP contribution in [-0.4, -0.2) is 45.5 Å². The van der Waals surface area contributed by atoms with Gasteiger partial charge in [-0.15, -0.1) is 0 Å². The van der Waals surface area contributed by atoms with Crippen LogP contribution in [0.1, 0.15) is 24.4 Å². The Kier molecular flexibility index (Phi) is 6.60. The number of anilines is 1. The number of pyridine rings is 1. The number of benzene rings is 1. The lowest BCUT2D eigenvalue weighted by atomic mass is 10.1. The molecule has 2 N–H and O–H groups in total. The van der Waals surface area contributed by atoms with Crippen molar-refractivity contribution in [3.8, 4) is 11.3 Å². The van der Waals surface area contributed by atoms with Crippen LogP contribution in [-0.2, 0) is 4.74 Å². The van der Waals surface area contributed by atoms with Gasteiger partial charge in [-0.2, -0.15) is 0 Å². The number of nitrogens with one attached hydrogen (secondary N) is 1. The van der Waals surface area contributed by atoms with Crippen molar-refractivity contribution in [3.63, 3.8) is 0 Å². The van der Waals surface area contributed by atoms with Gasteiger partial charge in [-0.05, 0) is 48.7 Å². The van der Waals surface area contributed by atoms with Crippen LogP contribution in [0.3, 0.4) is 0 Å². The van der Waals surface area contributed by atoms with Crippen LogP contribution in [0.2, 0.25) is 5.02 Å². The van der Waals surface area contributed by atoms with Crippen LogP contribution in [0.5, 0.6) is 0 Å². The molecule has 3 heterocycles.